The predicted octanol–water partition coefficient (Wildman–Crippen LogP) is 4.44. The van der Waals surface area contributed by atoms with Crippen LogP contribution in [0.15, 0.2) is 54.6 Å². The molecule has 1 unspecified atom stereocenters. The third-order valence-electron chi connectivity index (χ3n) is 4.34. The summed E-state index contributed by atoms with van der Waals surface area (Å²) in [6, 6.07) is 17.7. The number of hydrogen-bond donors (Lipinski definition) is 1. The largest absolute Gasteiger partial charge is 0.497 e. The van der Waals surface area contributed by atoms with Crippen LogP contribution in [0.5, 0.6) is 5.75 Å². The summed E-state index contributed by atoms with van der Waals surface area (Å²) in [6.45, 7) is 4.03. The molecule has 0 radical (unpaired) electrons. The first-order valence-corrected chi connectivity index (χ1v) is 8.47. The number of fused-ring (bicyclic) bond motifs is 1. The topological polar surface area (TPSA) is 51.2 Å². The maximum absolute atomic E-state index is 12.5. The molecule has 2 aromatic carbocycles. The Hall–Kier alpha value is -2.88. The molecule has 1 aromatic heterocycles. The predicted molar refractivity (Wildman–Crippen MR) is 101 cm³/mol. The molecule has 1 atom stereocenters. The molecule has 3 aromatic rings. The molecule has 4 heteroatoms. The standard InChI is InChI=1S/C21H22N2O2/c1-4-14(2)22-21(24)20-13-18(15-9-11-16(25-3)12-10-15)17-7-5-6-8-19(17)23-20/h5-14H,4H2,1-3H3,(H,22,24). The van der Waals surface area contributed by atoms with Crippen molar-refractivity contribution in [3.63, 3.8) is 0 Å². The zero-order valence-corrected chi connectivity index (χ0v) is 14.7. The smallest absolute Gasteiger partial charge is 0.270 e. The molecule has 0 bridgehead atoms. The van der Waals surface area contributed by atoms with Crippen LogP contribution in [0, 0.1) is 0 Å². The summed E-state index contributed by atoms with van der Waals surface area (Å²) in [4.78, 5) is 17.1. The van der Waals surface area contributed by atoms with Gasteiger partial charge in [-0.25, -0.2) is 4.98 Å². The van der Waals surface area contributed by atoms with E-state index in [1.165, 1.54) is 0 Å². The van der Waals surface area contributed by atoms with Crippen molar-refractivity contribution in [3.8, 4) is 16.9 Å². The van der Waals surface area contributed by atoms with Crippen LogP contribution < -0.4 is 10.1 Å². The summed E-state index contributed by atoms with van der Waals surface area (Å²) >= 11 is 0. The SMILES string of the molecule is CCC(C)NC(=O)c1cc(-c2ccc(OC)cc2)c2ccccc2n1. The highest BCUT2D eigenvalue weighted by atomic mass is 16.5. The van der Waals surface area contributed by atoms with Gasteiger partial charge in [0, 0.05) is 11.4 Å². The number of rotatable bonds is 5. The van der Waals surface area contributed by atoms with E-state index in [-0.39, 0.29) is 11.9 Å². The molecule has 0 aliphatic heterocycles. The van der Waals surface area contributed by atoms with Gasteiger partial charge in [-0.15, -0.1) is 0 Å². The van der Waals surface area contributed by atoms with Crippen LogP contribution in [0.25, 0.3) is 22.0 Å². The van der Waals surface area contributed by atoms with E-state index in [1.807, 2.05) is 68.4 Å². The van der Waals surface area contributed by atoms with E-state index in [0.29, 0.717) is 5.69 Å². The van der Waals surface area contributed by atoms with Gasteiger partial charge in [-0.05, 0) is 48.7 Å². The third-order valence-corrected chi connectivity index (χ3v) is 4.34. The van der Waals surface area contributed by atoms with Crippen molar-refractivity contribution < 1.29 is 9.53 Å². The first kappa shape index (κ1) is 17.0. The van der Waals surface area contributed by atoms with Gasteiger partial charge in [0.2, 0.25) is 0 Å². The van der Waals surface area contributed by atoms with E-state index in [9.17, 15) is 4.79 Å². The van der Waals surface area contributed by atoms with E-state index in [4.69, 9.17) is 4.74 Å². The minimum Gasteiger partial charge on any atom is -0.497 e. The zero-order chi connectivity index (χ0) is 17.8. The maximum atomic E-state index is 12.5. The molecule has 1 heterocycles. The van der Waals surface area contributed by atoms with E-state index >= 15 is 0 Å². The average molecular weight is 334 g/mol. The summed E-state index contributed by atoms with van der Waals surface area (Å²) in [7, 11) is 1.65. The Balaban J connectivity index is 2.10. The molecule has 128 valence electrons. The van der Waals surface area contributed by atoms with Crippen molar-refractivity contribution in [2.24, 2.45) is 0 Å². The Morgan fingerprint density at radius 2 is 1.88 bits per heavy atom. The Bertz CT molecular complexity index is 888. The fraction of sp³-hybridized carbons (Fsp3) is 0.238. The van der Waals surface area contributed by atoms with Crippen LogP contribution in [-0.4, -0.2) is 24.0 Å². The first-order chi connectivity index (χ1) is 12.1. The molecule has 3 rings (SSSR count). The Morgan fingerprint density at radius 3 is 2.56 bits per heavy atom. The van der Waals surface area contributed by atoms with Crippen LogP contribution in [0.2, 0.25) is 0 Å². The average Bonchev–Trinajstić information content (AvgIpc) is 2.67. The van der Waals surface area contributed by atoms with Crippen LogP contribution in [0.1, 0.15) is 30.8 Å². The van der Waals surface area contributed by atoms with Gasteiger partial charge < -0.3 is 10.1 Å². The third kappa shape index (κ3) is 3.63. The van der Waals surface area contributed by atoms with Crippen molar-refractivity contribution in [1.82, 2.24) is 10.3 Å². The molecule has 0 aliphatic carbocycles. The minimum absolute atomic E-state index is 0.116. The van der Waals surface area contributed by atoms with Crippen LogP contribution in [-0.2, 0) is 0 Å². The molecule has 25 heavy (non-hydrogen) atoms. The normalized spacial score (nSPS) is 12.0. The number of carbonyl (C=O) groups is 1. The molecule has 1 amide bonds. The van der Waals surface area contributed by atoms with Crippen molar-refractivity contribution in [3.05, 3.63) is 60.3 Å². The molecule has 0 fully saturated rings. The number of methoxy groups -OCH3 is 1. The lowest BCUT2D eigenvalue weighted by Crippen LogP contribution is -2.32. The van der Waals surface area contributed by atoms with E-state index in [1.54, 1.807) is 7.11 Å². The van der Waals surface area contributed by atoms with Gasteiger partial charge in [0.15, 0.2) is 0 Å². The number of nitrogens with zero attached hydrogens (tertiary/aromatic N) is 1. The lowest BCUT2D eigenvalue weighted by Gasteiger charge is -2.13. The first-order valence-electron chi connectivity index (χ1n) is 8.47. The van der Waals surface area contributed by atoms with Crippen molar-refractivity contribution in [2.45, 2.75) is 26.3 Å². The highest BCUT2D eigenvalue weighted by Gasteiger charge is 2.14. The number of pyridine rings is 1. The molecule has 0 aliphatic rings. The number of ether oxygens (including phenoxy) is 1. The van der Waals surface area contributed by atoms with Crippen molar-refractivity contribution in [1.29, 1.82) is 0 Å². The maximum Gasteiger partial charge on any atom is 0.270 e. The number of amides is 1. The molecule has 1 N–H and O–H groups in total. The summed E-state index contributed by atoms with van der Waals surface area (Å²) < 4.78 is 5.23. The fourth-order valence-electron chi connectivity index (χ4n) is 2.70. The summed E-state index contributed by atoms with van der Waals surface area (Å²) in [6.07, 6.45) is 0.880. The number of hydrogen-bond acceptors (Lipinski definition) is 3. The van der Waals surface area contributed by atoms with Gasteiger partial charge in [-0.1, -0.05) is 37.3 Å². The highest BCUT2D eigenvalue weighted by molar-refractivity contribution is 6.01. The number of nitrogens with one attached hydrogen (secondary N) is 1. The van der Waals surface area contributed by atoms with Crippen LogP contribution >= 0.6 is 0 Å². The second-order valence-corrected chi connectivity index (χ2v) is 6.08. The monoisotopic (exact) mass is 334 g/mol. The van der Waals surface area contributed by atoms with Crippen LogP contribution in [0.4, 0.5) is 0 Å². The van der Waals surface area contributed by atoms with Gasteiger partial charge in [0.25, 0.3) is 5.91 Å². The number of carbonyl (C=O) groups excluding carboxylic acids is 1. The van der Waals surface area contributed by atoms with E-state index in [2.05, 4.69) is 10.3 Å². The molecular weight excluding hydrogens is 312 g/mol. The van der Waals surface area contributed by atoms with Gasteiger partial charge in [-0.2, -0.15) is 0 Å². The van der Waals surface area contributed by atoms with Gasteiger partial charge in [0.1, 0.15) is 11.4 Å². The van der Waals surface area contributed by atoms with E-state index in [0.717, 1.165) is 34.2 Å². The second-order valence-electron chi connectivity index (χ2n) is 6.08. The Kier molecular flexibility index (Phi) is 4.98. The van der Waals surface area contributed by atoms with Gasteiger partial charge in [-0.3, -0.25) is 4.79 Å². The fourth-order valence-corrected chi connectivity index (χ4v) is 2.70. The van der Waals surface area contributed by atoms with E-state index < -0.39 is 0 Å². The Labute approximate surface area is 147 Å². The molecule has 0 saturated carbocycles. The minimum atomic E-state index is -0.144. The Morgan fingerprint density at radius 1 is 1.16 bits per heavy atom. The summed E-state index contributed by atoms with van der Waals surface area (Å²) in [5.41, 5.74) is 3.26. The number of benzene rings is 2. The lowest BCUT2D eigenvalue weighted by molar-refractivity contribution is 0.0934. The number of aromatic nitrogens is 1. The molecule has 0 saturated heterocycles. The molecule has 0 spiro atoms. The van der Waals surface area contributed by atoms with Gasteiger partial charge in [0.05, 0.1) is 12.6 Å². The summed E-state index contributed by atoms with van der Waals surface area (Å²) in [5, 5.41) is 4.01. The summed E-state index contributed by atoms with van der Waals surface area (Å²) in [5.74, 6) is 0.659. The lowest BCUT2D eigenvalue weighted by atomic mass is 9.99. The highest BCUT2D eigenvalue weighted by Crippen LogP contribution is 2.30. The number of para-hydroxylation sites is 1. The van der Waals surface area contributed by atoms with Gasteiger partial charge >= 0.3 is 0 Å². The van der Waals surface area contributed by atoms with Crippen molar-refractivity contribution in [2.75, 3.05) is 7.11 Å². The quantitative estimate of drug-likeness (QED) is 0.750. The molecule has 4 nitrogen and oxygen atoms in total. The zero-order valence-electron chi connectivity index (χ0n) is 14.7. The second kappa shape index (κ2) is 7.34. The molecular formula is C21H22N2O2. The van der Waals surface area contributed by atoms with Crippen LogP contribution in [0.3, 0.4) is 0 Å². The van der Waals surface area contributed by atoms with Crippen molar-refractivity contribution >= 4 is 16.8 Å².